The van der Waals surface area contributed by atoms with Crippen molar-refractivity contribution >= 4 is 11.9 Å². The molecule has 1 aliphatic rings. The molecule has 1 rings (SSSR count). The summed E-state index contributed by atoms with van der Waals surface area (Å²) in [7, 11) is 1.33. The van der Waals surface area contributed by atoms with E-state index in [9.17, 15) is 9.59 Å². The van der Waals surface area contributed by atoms with Crippen LogP contribution in [0.5, 0.6) is 0 Å². The van der Waals surface area contributed by atoms with Crippen molar-refractivity contribution in [3.05, 3.63) is 0 Å². The summed E-state index contributed by atoms with van der Waals surface area (Å²) in [5.74, 6) is -0.307. The van der Waals surface area contributed by atoms with Crippen LogP contribution in [0, 0.1) is 11.8 Å². The van der Waals surface area contributed by atoms with E-state index < -0.39 is 6.04 Å². The first kappa shape index (κ1) is 14.0. The van der Waals surface area contributed by atoms with Gasteiger partial charge in [-0.05, 0) is 18.8 Å². The van der Waals surface area contributed by atoms with Gasteiger partial charge in [-0.25, -0.2) is 4.79 Å². The lowest BCUT2D eigenvalue weighted by Crippen LogP contribution is -2.45. The van der Waals surface area contributed by atoms with Gasteiger partial charge in [0, 0.05) is 6.61 Å². The average Bonchev–Trinajstić information content (AvgIpc) is 2.79. The van der Waals surface area contributed by atoms with Crippen molar-refractivity contribution in [3.63, 3.8) is 0 Å². The molecule has 1 fully saturated rings. The van der Waals surface area contributed by atoms with Crippen molar-refractivity contribution in [3.8, 4) is 0 Å². The van der Waals surface area contributed by atoms with Crippen LogP contribution in [0.4, 0.5) is 0 Å². The first-order valence-corrected chi connectivity index (χ1v) is 6.00. The Bertz CT molecular complexity index is 272. The summed E-state index contributed by atoms with van der Waals surface area (Å²) >= 11 is 0. The molecule has 1 aliphatic heterocycles. The third-order valence-electron chi connectivity index (χ3n) is 2.81. The van der Waals surface area contributed by atoms with E-state index in [1.54, 1.807) is 0 Å². The molecule has 98 valence electrons. The highest BCUT2D eigenvalue weighted by Gasteiger charge is 2.28. The number of esters is 1. The SMILES string of the molecule is COC(=O)[C@@H](CC(C)C)NC(=O)[C@@H]1CCOC1. The molecule has 17 heavy (non-hydrogen) atoms. The zero-order valence-electron chi connectivity index (χ0n) is 10.7. The van der Waals surface area contributed by atoms with Gasteiger partial charge in [-0.3, -0.25) is 4.79 Å². The van der Waals surface area contributed by atoms with Crippen LogP contribution in [0.3, 0.4) is 0 Å². The maximum Gasteiger partial charge on any atom is 0.328 e. The standard InChI is InChI=1S/C12H21NO4/c1-8(2)6-10(12(15)16-3)13-11(14)9-4-5-17-7-9/h8-10H,4-7H2,1-3H3,(H,13,14)/t9-,10-/m1/s1. The number of methoxy groups -OCH3 is 1. The minimum absolute atomic E-state index is 0.112. The molecule has 0 radical (unpaired) electrons. The molecule has 0 unspecified atom stereocenters. The second-order valence-corrected chi connectivity index (χ2v) is 4.77. The Labute approximate surface area is 102 Å². The number of ether oxygens (including phenoxy) is 2. The topological polar surface area (TPSA) is 64.6 Å². The van der Waals surface area contributed by atoms with E-state index in [0.717, 1.165) is 6.42 Å². The van der Waals surface area contributed by atoms with E-state index in [2.05, 4.69) is 5.32 Å². The fourth-order valence-corrected chi connectivity index (χ4v) is 1.86. The maximum atomic E-state index is 11.9. The van der Waals surface area contributed by atoms with Gasteiger partial charge in [0.1, 0.15) is 6.04 Å². The molecule has 0 saturated carbocycles. The Morgan fingerprint density at radius 1 is 1.47 bits per heavy atom. The first-order valence-electron chi connectivity index (χ1n) is 6.00. The van der Waals surface area contributed by atoms with Gasteiger partial charge >= 0.3 is 5.97 Å². The molecule has 2 atom stereocenters. The molecule has 0 aliphatic carbocycles. The summed E-state index contributed by atoms with van der Waals surface area (Å²) in [6.45, 7) is 5.06. The molecule has 0 aromatic heterocycles. The Balaban J connectivity index is 2.52. The Morgan fingerprint density at radius 3 is 2.65 bits per heavy atom. The zero-order chi connectivity index (χ0) is 12.8. The Kier molecular flexibility index (Phi) is 5.41. The number of carbonyl (C=O) groups is 2. The lowest BCUT2D eigenvalue weighted by atomic mass is 10.0. The van der Waals surface area contributed by atoms with Gasteiger partial charge < -0.3 is 14.8 Å². The number of carbonyl (C=O) groups excluding carboxylic acids is 2. The average molecular weight is 243 g/mol. The predicted molar refractivity (Wildman–Crippen MR) is 62.3 cm³/mol. The van der Waals surface area contributed by atoms with Crippen molar-refractivity contribution in [1.29, 1.82) is 0 Å². The summed E-state index contributed by atoms with van der Waals surface area (Å²) in [5.41, 5.74) is 0. The van der Waals surface area contributed by atoms with Gasteiger partial charge in [-0.2, -0.15) is 0 Å². The Morgan fingerprint density at radius 2 is 2.18 bits per heavy atom. The molecular weight excluding hydrogens is 222 g/mol. The molecule has 5 heteroatoms. The minimum atomic E-state index is -0.548. The van der Waals surface area contributed by atoms with Crippen LogP contribution in [-0.2, 0) is 19.1 Å². The third-order valence-corrected chi connectivity index (χ3v) is 2.81. The van der Waals surface area contributed by atoms with E-state index in [1.807, 2.05) is 13.8 Å². The fourth-order valence-electron chi connectivity index (χ4n) is 1.86. The third kappa shape index (κ3) is 4.34. The van der Waals surface area contributed by atoms with Gasteiger partial charge in [-0.15, -0.1) is 0 Å². The molecule has 1 N–H and O–H groups in total. The maximum absolute atomic E-state index is 11.9. The molecule has 0 bridgehead atoms. The Hall–Kier alpha value is -1.10. The summed E-state index contributed by atoms with van der Waals surface area (Å²) in [6, 6.07) is -0.548. The number of hydrogen-bond donors (Lipinski definition) is 1. The summed E-state index contributed by atoms with van der Waals surface area (Å²) < 4.78 is 9.84. The molecule has 5 nitrogen and oxygen atoms in total. The van der Waals surface area contributed by atoms with Crippen LogP contribution in [0.25, 0.3) is 0 Å². The van der Waals surface area contributed by atoms with E-state index in [0.29, 0.717) is 25.6 Å². The van der Waals surface area contributed by atoms with Gasteiger partial charge in [0.25, 0.3) is 0 Å². The predicted octanol–water partition coefficient (Wildman–Crippen LogP) is 0.727. The van der Waals surface area contributed by atoms with Gasteiger partial charge in [0.2, 0.25) is 5.91 Å². The monoisotopic (exact) mass is 243 g/mol. The summed E-state index contributed by atoms with van der Waals surface area (Å²) in [5, 5.41) is 2.75. The second kappa shape index (κ2) is 6.59. The van der Waals surface area contributed by atoms with E-state index >= 15 is 0 Å². The zero-order valence-corrected chi connectivity index (χ0v) is 10.7. The lowest BCUT2D eigenvalue weighted by Gasteiger charge is -2.19. The largest absolute Gasteiger partial charge is 0.467 e. The molecule has 0 aromatic carbocycles. The molecule has 1 saturated heterocycles. The van der Waals surface area contributed by atoms with Crippen molar-refractivity contribution in [2.45, 2.75) is 32.7 Å². The number of amides is 1. The van der Waals surface area contributed by atoms with Crippen molar-refractivity contribution in [2.75, 3.05) is 20.3 Å². The van der Waals surface area contributed by atoms with Crippen molar-refractivity contribution in [2.24, 2.45) is 11.8 Å². The van der Waals surface area contributed by atoms with Crippen LogP contribution in [0.15, 0.2) is 0 Å². The van der Waals surface area contributed by atoms with Gasteiger partial charge in [0.05, 0.1) is 19.6 Å². The summed E-state index contributed by atoms with van der Waals surface area (Å²) in [4.78, 5) is 23.4. The fraction of sp³-hybridized carbons (Fsp3) is 0.833. The molecule has 0 spiro atoms. The molecular formula is C12H21NO4. The lowest BCUT2D eigenvalue weighted by molar-refractivity contribution is -0.146. The van der Waals surface area contributed by atoms with Crippen LogP contribution in [-0.4, -0.2) is 38.2 Å². The quantitative estimate of drug-likeness (QED) is 0.723. The van der Waals surface area contributed by atoms with E-state index in [1.165, 1.54) is 7.11 Å². The van der Waals surface area contributed by atoms with Gasteiger partial charge in [-0.1, -0.05) is 13.8 Å². The number of rotatable bonds is 5. The molecule has 1 heterocycles. The van der Waals surface area contributed by atoms with Gasteiger partial charge in [0.15, 0.2) is 0 Å². The van der Waals surface area contributed by atoms with Crippen LogP contribution >= 0.6 is 0 Å². The highest BCUT2D eigenvalue weighted by atomic mass is 16.5. The molecule has 1 amide bonds. The highest BCUT2D eigenvalue weighted by molar-refractivity contribution is 5.85. The van der Waals surface area contributed by atoms with Crippen LogP contribution in [0.1, 0.15) is 26.7 Å². The normalized spacial score (nSPS) is 21.3. The van der Waals surface area contributed by atoms with Crippen molar-refractivity contribution < 1.29 is 19.1 Å². The van der Waals surface area contributed by atoms with E-state index in [4.69, 9.17) is 9.47 Å². The smallest absolute Gasteiger partial charge is 0.328 e. The first-order chi connectivity index (χ1) is 8.04. The second-order valence-electron chi connectivity index (χ2n) is 4.77. The van der Waals surface area contributed by atoms with Crippen LogP contribution < -0.4 is 5.32 Å². The minimum Gasteiger partial charge on any atom is -0.467 e. The highest BCUT2D eigenvalue weighted by Crippen LogP contribution is 2.14. The van der Waals surface area contributed by atoms with Crippen molar-refractivity contribution in [1.82, 2.24) is 5.32 Å². The summed E-state index contributed by atoms with van der Waals surface area (Å²) in [6.07, 6.45) is 1.31. The number of nitrogens with one attached hydrogen (secondary N) is 1. The number of hydrogen-bond acceptors (Lipinski definition) is 4. The van der Waals surface area contributed by atoms with E-state index in [-0.39, 0.29) is 17.8 Å². The molecule has 0 aromatic rings. The van der Waals surface area contributed by atoms with Crippen LogP contribution in [0.2, 0.25) is 0 Å².